The summed E-state index contributed by atoms with van der Waals surface area (Å²) >= 11 is 0. The number of carbonyl (C=O) groups excluding carboxylic acids is 1. The molecule has 0 atom stereocenters. The maximum absolute atomic E-state index is 11.0. The van der Waals surface area contributed by atoms with Crippen molar-refractivity contribution in [1.29, 1.82) is 0 Å². The Morgan fingerprint density at radius 2 is 1.23 bits per heavy atom. The van der Waals surface area contributed by atoms with Gasteiger partial charge < -0.3 is 29.4 Å². The second-order valence-corrected chi connectivity index (χ2v) is 7.33. The van der Waals surface area contributed by atoms with Crippen LogP contribution in [0.25, 0.3) is 0 Å². The van der Waals surface area contributed by atoms with Crippen LogP contribution >= 0.6 is 0 Å². The van der Waals surface area contributed by atoms with Crippen molar-refractivity contribution >= 4 is 5.97 Å². The average molecular weight is 440 g/mol. The van der Waals surface area contributed by atoms with Crippen LogP contribution in [0.2, 0.25) is 0 Å². The van der Waals surface area contributed by atoms with E-state index in [2.05, 4.69) is 4.74 Å². The van der Waals surface area contributed by atoms with Crippen molar-refractivity contribution in [1.82, 2.24) is 0 Å². The Balaban J connectivity index is 1.73. The highest BCUT2D eigenvalue weighted by Crippen LogP contribution is 2.12. The van der Waals surface area contributed by atoms with Gasteiger partial charge in [0.2, 0.25) is 0 Å². The highest BCUT2D eigenvalue weighted by molar-refractivity contribution is 5.68. The molecule has 0 heterocycles. The maximum Gasteiger partial charge on any atom is 0.305 e. The number of hydrogen-bond acceptors (Lipinski definition) is 7. The summed E-state index contributed by atoms with van der Waals surface area (Å²) in [6.07, 6.45) is 7.65. The normalized spacial score (nSPS) is 10.9. The number of ether oxygens (including phenoxy) is 5. The Morgan fingerprint density at radius 3 is 1.77 bits per heavy atom. The van der Waals surface area contributed by atoms with Crippen LogP contribution in [0.4, 0.5) is 0 Å². The van der Waals surface area contributed by atoms with E-state index in [0.29, 0.717) is 46.0 Å². The SMILES string of the molecule is COC(=O)CCCCCOCCOCCOCCCCCCOc1ccc(CN)cc1. The van der Waals surface area contributed by atoms with E-state index >= 15 is 0 Å². The van der Waals surface area contributed by atoms with Crippen LogP contribution in [0.5, 0.6) is 5.75 Å². The minimum atomic E-state index is -0.146. The molecule has 7 nitrogen and oxygen atoms in total. The third-order valence-corrected chi connectivity index (χ3v) is 4.75. The minimum absolute atomic E-state index is 0.146. The zero-order chi connectivity index (χ0) is 22.4. The molecule has 0 saturated heterocycles. The summed E-state index contributed by atoms with van der Waals surface area (Å²) in [5.74, 6) is 0.758. The van der Waals surface area contributed by atoms with E-state index in [9.17, 15) is 4.79 Å². The molecule has 0 amide bonds. The minimum Gasteiger partial charge on any atom is -0.494 e. The van der Waals surface area contributed by atoms with Gasteiger partial charge in [-0.3, -0.25) is 4.79 Å². The molecule has 0 unspecified atom stereocenters. The second kappa shape index (κ2) is 20.2. The number of nitrogens with two attached hydrogens (primary N) is 1. The molecule has 2 N–H and O–H groups in total. The van der Waals surface area contributed by atoms with Gasteiger partial charge in [-0.25, -0.2) is 0 Å². The van der Waals surface area contributed by atoms with Gasteiger partial charge in [0, 0.05) is 26.2 Å². The first kappa shape index (κ1) is 27.4. The van der Waals surface area contributed by atoms with Crippen molar-refractivity contribution in [2.75, 3.05) is 53.4 Å². The summed E-state index contributed by atoms with van der Waals surface area (Å²) in [5.41, 5.74) is 6.70. The fourth-order valence-corrected chi connectivity index (χ4v) is 2.87. The first-order chi connectivity index (χ1) is 15.3. The highest BCUT2D eigenvalue weighted by atomic mass is 16.5. The van der Waals surface area contributed by atoms with Crippen LogP contribution in [0.1, 0.15) is 56.9 Å². The molecule has 1 aromatic rings. The summed E-state index contributed by atoms with van der Waals surface area (Å²) in [6.45, 7) is 5.17. The molecule has 31 heavy (non-hydrogen) atoms. The maximum atomic E-state index is 11.0. The standard InChI is InChI=1S/C24H41NO6/c1-27-24(26)9-5-4-7-15-29-18-20-30-19-17-28-14-6-2-3-8-16-31-23-12-10-22(21-25)11-13-23/h10-13H,2-9,14-21,25H2,1H3. The van der Waals surface area contributed by atoms with Gasteiger partial charge in [0.05, 0.1) is 40.1 Å². The number of rotatable bonds is 21. The van der Waals surface area contributed by atoms with Crippen LogP contribution in [0.15, 0.2) is 24.3 Å². The van der Waals surface area contributed by atoms with Gasteiger partial charge in [-0.15, -0.1) is 0 Å². The molecule has 0 aliphatic heterocycles. The van der Waals surface area contributed by atoms with Crippen LogP contribution in [-0.2, 0) is 30.3 Å². The molecule has 0 bridgehead atoms. The van der Waals surface area contributed by atoms with Gasteiger partial charge >= 0.3 is 5.97 Å². The monoisotopic (exact) mass is 439 g/mol. The molecule has 0 spiro atoms. The molecule has 0 aliphatic carbocycles. The van der Waals surface area contributed by atoms with Crippen molar-refractivity contribution in [3.05, 3.63) is 29.8 Å². The lowest BCUT2D eigenvalue weighted by atomic mass is 10.2. The molecule has 0 aromatic heterocycles. The molecule has 0 radical (unpaired) electrons. The molecular formula is C24H41NO6. The van der Waals surface area contributed by atoms with Crippen molar-refractivity contribution < 1.29 is 28.5 Å². The molecular weight excluding hydrogens is 398 g/mol. The third kappa shape index (κ3) is 16.7. The second-order valence-electron chi connectivity index (χ2n) is 7.33. The van der Waals surface area contributed by atoms with Crippen molar-refractivity contribution in [2.24, 2.45) is 5.73 Å². The summed E-state index contributed by atoms with van der Waals surface area (Å²) in [6, 6.07) is 7.95. The Hall–Kier alpha value is -1.67. The smallest absolute Gasteiger partial charge is 0.305 e. The number of benzene rings is 1. The molecule has 178 valence electrons. The van der Waals surface area contributed by atoms with Crippen LogP contribution < -0.4 is 10.5 Å². The lowest BCUT2D eigenvalue weighted by Gasteiger charge is -2.08. The van der Waals surface area contributed by atoms with E-state index in [1.165, 1.54) is 7.11 Å². The number of unbranched alkanes of at least 4 members (excludes halogenated alkanes) is 5. The van der Waals surface area contributed by atoms with E-state index in [0.717, 1.165) is 69.5 Å². The fraction of sp³-hybridized carbons (Fsp3) is 0.708. The number of esters is 1. The van der Waals surface area contributed by atoms with Gasteiger partial charge in [-0.2, -0.15) is 0 Å². The summed E-state index contributed by atoms with van der Waals surface area (Å²) < 4.78 is 26.9. The van der Waals surface area contributed by atoms with E-state index in [1.807, 2.05) is 24.3 Å². The number of hydrogen-bond donors (Lipinski definition) is 1. The molecule has 7 heteroatoms. The van der Waals surface area contributed by atoms with Gasteiger partial charge in [-0.1, -0.05) is 25.0 Å². The van der Waals surface area contributed by atoms with E-state index in [4.69, 9.17) is 24.7 Å². The zero-order valence-electron chi connectivity index (χ0n) is 19.1. The topological polar surface area (TPSA) is 89.2 Å². The van der Waals surface area contributed by atoms with Crippen LogP contribution in [-0.4, -0.2) is 59.3 Å². The Labute approximate surface area is 187 Å². The predicted molar refractivity (Wildman–Crippen MR) is 121 cm³/mol. The summed E-state index contributed by atoms with van der Waals surface area (Å²) in [7, 11) is 1.42. The first-order valence-corrected chi connectivity index (χ1v) is 11.5. The molecule has 0 aliphatic rings. The Bertz CT molecular complexity index is 537. The third-order valence-electron chi connectivity index (χ3n) is 4.75. The van der Waals surface area contributed by atoms with Gasteiger partial charge in [-0.05, 0) is 49.8 Å². The molecule has 0 saturated carbocycles. The Morgan fingerprint density at radius 1 is 0.710 bits per heavy atom. The van der Waals surface area contributed by atoms with Crippen molar-refractivity contribution in [3.63, 3.8) is 0 Å². The van der Waals surface area contributed by atoms with Crippen LogP contribution in [0.3, 0.4) is 0 Å². The molecule has 1 rings (SSSR count). The highest BCUT2D eigenvalue weighted by Gasteiger charge is 1.99. The molecule has 1 aromatic carbocycles. The first-order valence-electron chi connectivity index (χ1n) is 11.5. The largest absolute Gasteiger partial charge is 0.494 e. The van der Waals surface area contributed by atoms with Gasteiger partial charge in [0.1, 0.15) is 5.75 Å². The number of methoxy groups -OCH3 is 1. The van der Waals surface area contributed by atoms with Gasteiger partial charge in [0.25, 0.3) is 0 Å². The van der Waals surface area contributed by atoms with Gasteiger partial charge in [0.15, 0.2) is 0 Å². The summed E-state index contributed by atoms with van der Waals surface area (Å²) in [5, 5.41) is 0. The van der Waals surface area contributed by atoms with E-state index in [-0.39, 0.29) is 5.97 Å². The Kier molecular flexibility index (Phi) is 17.9. The quantitative estimate of drug-likeness (QED) is 0.230. The lowest BCUT2D eigenvalue weighted by molar-refractivity contribution is -0.140. The fourth-order valence-electron chi connectivity index (χ4n) is 2.87. The van der Waals surface area contributed by atoms with E-state index < -0.39 is 0 Å². The van der Waals surface area contributed by atoms with Crippen LogP contribution in [0, 0.1) is 0 Å². The summed E-state index contributed by atoms with van der Waals surface area (Å²) in [4.78, 5) is 11.0. The predicted octanol–water partition coefficient (Wildman–Crippen LogP) is 3.87. The van der Waals surface area contributed by atoms with E-state index in [1.54, 1.807) is 0 Å². The lowest BCUT2D eigenvalue weighted by Crippen LogP contribution is -2.10. The van der Waals surface area contributed by atoms with Crippen molar-refractivity contribution in [3.8, 4) is 5.75 Å². The zero-order valence-corrected chi connectivity index (χ0v) is 19.1. The van der Waals surface area contributed by atoms with Crippen molar-refractivity contribution in [2.45, 2.75) is 57.9 Å². The average Bonchev–Trinajstić information content (AvgIpc) is 2.80. The number of carbonyl (C=O) groups is 1. The molecule has 0 fully saturated rings.